The van der Waals surface area contributed by atoms with Gasteiger partial charge in [0.1, 0.15) is 5.75 Å². The summed E-state index contributed by atoms with van der Waals surface area (Å²) in [6, 6.07) is 3.28. The minimum atomic E-state index is -4.90. The van der Waals surface area contributed by atoms with Gasteiger partial charge in [0.15, 0.2) is 0 Å². The molecule has 1 aromatic carbocycles. The molecule has 0 saturated heterocycles. The number of hydrogen-bond donors (Lipinski definition) is 1. The third-order valence-electron chi connectivity index (χ3n) is 3.18. The average molecular weight is 314 g/mol. The van der Waals surface area contributed by atoms with Gasteiger partial charge in [-0.25, -0.2) is 4.79 Å². The fourth-order valence-corrected chi connectivity index (χ4v) is 2.25. The van der Waals surface area contributed by atoms with Crippen molar-refractivity contribution < 1.29 is 27.8 Å². The molecule has 8 heteroatoms. The number of carboxylic acids is 1. The lowest BCUT2D eigenvalue weighted by molar-refractivity contribution is -0.274. The molecule has 0 unspecified atom stereocenters. The topological polar surface area (TPSA) is 64.4 Å². The molecule has 22 heavy (non-hydrogen) atoms. The van der Waals surface area contributed by atoms with E-state index < -0.39 is 18.1 Å². The number of carbonyl (C=O) groups is 1. The molecule has 0 bridgehead atoms. The molecule has 0 radical (unpaired) electrons. The normalized spacial score (nSPS) is 11.5. The lowest BCUT2D eigenvalue weighted by Gasteiger charge is -2.12. The van der Waals surface area contributed by atoms with E-state index >= 15 is 0 Å². The number of benzene rings is 1. The Hall–Kier alpha value is -2.51. The monoisotopic (exact) mass is 314 g/mol. The summed E-state index contributed by atoms with van der Waals surface area (Å²) in [6.45, 7) is 3.44. The summed E-state index contributed by atoms with van der Waals surface area (Å²) in [5, 5.41) is 13.2. The molecule has 0 aliphatic rings. The van der Waals surface area contributed by atoms with E-state index in [9.17, 15) is 18.0 Å². The fourth-order valence-electron chi connectivity index (χ4n) is 2.25. The van der Waals surface area contributed by atoms with Crippen LogP contribution in [0.2, 0.25) is 0 Å². The largest absolute Gasteiger partial charge is 0.573 e. The number of aryl methyl sites for hydroxylation is 2. The highest BCUT2D eigenvalue weighted by molar-refractivity contribution is 5.90. The molecule has 2 rings (SSSR count). The predicted molar refractivity (Wildman–Crippen MR) is 71.8 cm³/mol. The molecule has 0 spiro atoms. The van der Waals surface area contributed by atoms with Crippen LogP contribution >= 0.6 is 0 Å². The first kappa shape index (κ1) is 15.9. The molecule has 2 aromatic rings. The van der Waals surface area contributed by atoms with Crippen molar-refractivity contribution in [2.24, 2.45) is 7.05 Å². The summed E-state index contributed by atoms with van der Waals surface area (Å²) in [7, 11) is 1.69. The summed E-state index contributed by atoms with van der Waals surface area (Å²) < 4.78 is 42.6. The van der Waals surface area contributed by atoms with Gasteiger partial charge in [-0.1, -0.05) is 0 Å². The van der Waals surface area contributed by atoms with Gasteiger partial charge in [0.2, 0.25) is 0 Å². The van der Waals surface area contributed by atoms with Crippen molar-refractivity contribution in [1.29, 1.82) is 0 Å². The van der Waals surface area contributed by atoms with E-state index in [4.69, 9.17) is 5.11 Å². The van der Waals surface area contributed by atoms with Crippen LogP contribution in [0, 0.1) is 13.8 Å². The molecule has 1 heterocycles. The molecule has 5 nitrogen and oxygen atoms in total. The van der Waals surface area contributed by atoms with Crippen LogP contribution in [0.5, 0.6) is 5.75 Å². The maximum absolute atomic E-state index is 12.4. The Morgan fingerprint density at radius 3 is 2.36 bits per heavy atom. The van der Waals surface area contributed by atoms with Crippen LogP contribution in [0.25, 0.3) is 11.1 Å². The zero-order chi connectivity index (χ0) is 16.7. The highest BCUT2D eigenvalue weighted by Gasteiger charge is 2.31. The van der Waals surface area contributed by atoms with Gasteiger partial charge >= 0.3 is 12.3 Å². The van der Waals surface area contributed by atoms with E-state index in [1.807, 2.05) is 0 Å². The molecule has 0 fully saturated rings. The molecule has 0 atom stereocenters. The number of hydrogen-bond acceptors (Lipinski definition) is 3. The quantitative estimate of drug-likeness (QED) is 0.944. The molecule has 0 amide bonds. The molecule has 1 N–H and O–H groups in total. The predicted octanol–water partition coefficient (Wildman–Crippen LogP) is 3.30. The van der Waals surface area contributed by atoms with Crippen LogP contribution in [0.4, 0.5) is 13.2 Å². The van der Waals surface area contributed by atoms with E-state index in [-0.39, 0.29) is 5.56 Å². The van der Waals surface area contributed by atoms with Crippen molar-refractivity contribution in [2.75, 3.05) is 0 Å². The van der Waals surface area contributed by atoms with Gasteiger partial charge in [-0.05, 0) is 37.6 Å². The smallest absolute Gasteiger partial charge is 0.478 e. The zero-order valence-corrected chi connectivity index (χ0v) is 12.0. The minimum Gasteiger partial charge on any atom is -0.478 e. The van der Waals surface area contributed by atoms with Crippen molar-refractivity contribution in [3.63, 3.8) is 0 Å². The highest BCUT2D eigenvalue weighted by atomic mass is 19.4. The summed E-state index contributed by atoms with van der Waals surface area (Å²) in [6.07, 6.45) is -4.90. The Morgan fingerprint density at radius 1 is 1.27 bits per heavy atom. The summed E-state index contributed by atoms with van der Waals surface area (Å²) >= 11 is 0. The maximum atomic E-state index is 12.4. The second kappa shape index (κ2) is 5.36. The Balaban J connectivity index is 2.62. The lowest BCUT2D eigenvalue weighted by atomic mass is 10.0. The highest BCUT2D eigenvalue weighted by Crippen LogP contribution is 2.33. The van der Waals surface area contributed by atoms with Gasteiger partial charge in [-0.15, -0.1) is 13.2 Å². The molecule has 118 valence electrons. The van der Waals surface area contributed by atoms with Crippen LogP contribution in [0.3, 0.4) is 0 Å². The summed E-state index contributed by atoms with van der Waals surface area (Å²) in [4.78, 5) is 11.1. The van der Waals surface area contributed by atoms with Crippen LogP contribution < -0.4 is 4.74 Å². The lowest BCUT2D eigenvalue weighted by Crippen LogP contribution is -2.17. The minimum absolute atomic E-state index is 0.292. The first-order valence-corrected chi connectivity index (χ1v) is 6.23. The standard InChI is InChI=1S/C14H13F3N2O3/c1-7-12(8(2)19(3)18-7)9-4-10(13(20)21)6-11(5-9)22-14(15,16)17/h4-6H,1-3H3,(H,20,21). The Labute approximate surface area is 123 Å². The van der Waals surface area contributed by atoms with E-state index in [0.717, 1.165) is 12.1 Å². The molecule has 0 aliphatic heterocycles. The number of aromatic nitrogens is 2. The third kappa shape index (κ3) is 3.21. The second-order valence-electron chi connectivity index (χ2n) is 4.77. The Bertz CT molecular complexity index is 736. The summed E-state index contributed by atoms with van der Waals surface area (Å²) in [5.41, 5.74) is 1.89. The Kier molecular flexibility index (Phi) is 3.87. The average Bonchev–Trinajstić information content (AvgIpc) is 2.60. The van der Waals surface area contributed by atoms with Gasteiger partial charge < -0.3 is 9.84 Å². The first-order chi connectivity index (χ1) is 10.1. The SMILES string of the molecule is Cc1nn(C)c(C)c1-c1cc(OC(F)(F)F)cc(C(=O)O)c1. The van der Waals surface area contributed by atoms with Crippen LogP contribution in [0.1, 0.15) is 21.7 Å². The van der Waals surface area contributed by atoms with Crippen molar-refractivity contribution in [2.45, 2.75) is 20.2 Å². The number of nitrogens with zero attached hydrogens (tertiary/aromatic N) is 2. The van der Waals surface area contributed by atoms with Crippen LogP contribution in [-0.2, 0) is 7.05 Å². The van der Waals surface area contributed by atoms with E-state index in [2.05, 4.69) is 9.84 Å². The Morgan fingerprint density at radius 2 is 1.91 bits per heavy atom. The number of aromatic carboxylic acids is 1. The van der Waals surface area contributed by atoms with E-state index in [1.165, 1.54) is 6.07 Å². The van der Waals surface area contributed by atoms with Crippen LogP contribution in [-0.4, -0.2) is 27.2 Å². The van der Waals surface area contributed by atoms with E-state index in [1.54, 1.807) is 25.6 Å². The first-order valence-electron chi connectivity index (χ1n) is 6.23. The molecule has 1 aromatic heterocycles. The van der Waals surface area contributed by atoms with Gasteiger partial charge in [-0.2, -0.15) is 5.10 Å². The number of rotatable bonds is 3. The van der Waals surface area contributed by atoms with Crippen molar-refractivity contribution in [3.05, 3.63) is 35.2 Å². The number of ether oxygens (including phenoxy) is 1. The van der Waals surface area contributed by atoms with Crippen molar-refractivity contribution in [3.8, 4) is 16.9 Å². The van der Waals surface area contributed by atoms with Crippen LogP contribution in [0.15, 0.2) is 18.2 Å². The van der Waals surface area contributed by atoms with Gasteiger partial charge in [0.05, 0.1) is 11.3 Å². The number of carboxylic acid groups (broad SMARTS) is 1. The van der Waals surface area contributed by atoms with Crippen molar-refractivity contribution in [1.82, 2.24) is 9.78 Å². The van der Waals surface area contributed by atoms with Gasteiger partial charge in [0.25, 0.3) is 0 Å². The molecular weight excluding hydrogens is 301 g/mol. The molecular formula is C14H13F3N2O3. The zero-order valence-electron chi connectivity index (χ0n) is 12.0. The van der Waals surface area contributed by atoms with Gasteiger partial charge in [-0.3, -0.25) is 4.68 Å². The van der Waals surface area contributed by atoms with Gasteiger partial charge in [0, 0.05) is 18.3 Å². The van der Waals surface area contributed by atoms with Crippen molar-refractivity contribution >= 4 is 5.97 Å². The number of halogens is 3. The maximum Gasteiger partial charge on any atom is 0.573 e. The number of alkyl halides is 3. The molecule has 0 aliphatic carbocycles. The third-order valence-corrected chi connectivity index (χ3v) is 3.18. The van der Waals surface area contributed by atoms with E-state index in [0.29, 0.717) is 22.5 Å². The second-order valence-corrected chi connectivity index (χ2v) is 4.77. The molecule has 0 saturated carbocycles. The fraction of sp³-hybridized carbons (Fsp3) is 0.286. The summed E-state index contributed by atoms with van der Waals surface area (Å²) in [5.74, 6) is -1.92.